The number of carbonyl (C=O) groups excluding carboxylic acids is 1. The second kappa shape index (κ2) is 7.51. The number of carboxylic acids is 1. The molecule has 1 amide bonds. The molecule has 7 heteroatoms. The molecular formula is C14H18BrN3O3. The summed E-state index contributed by atoms with van der Waals surface area (Å²) in [6, 6.07) is 3.58. The summed E-state index contributed by atoms with van der Waals surface area (Å²) < 4.78 is 0.868. The van der Waals surface area contributed by atoms with Gasteiger partial charge in [-0.2, -0.15) is 0 Å². The van der Waals surface area contributed by atoms with E-state index in [1.54, 1.807) is 12.3 Å². The summed E-state index contributed by atoms with van der Waals surface area (Å²) in [6.07, 6.45) is 3.30. The van der Waals surface area contributed by atoms with Gasteiger partial charge in [0.1, 0.15) is 5.82 Å². The van der Waals surface area contributed by atoms with Crippen molar-refractivity contribution in [2.75, 3.05) is 25.0 Å². The predicted molar refractivity (Wildman–Crippen MR) is 82.0 cm³/mol. The molecule has 1 fully saturated rings. The van der Waals surface area contributed by atoms with Crippen LogP contribution >= 0.6 is 15.9 Å². The Kier molecular flexibility index (Phi) is 5.69. The van der Waals surface area contributed by atoms with Crippen molar-refractivity contribution in [2.45, 2.75) is 19.3 Å². The topological polar surface area (TPSA) is 82.5 Å². The van der Waals surface area contributed by atoms with Crippen molar-refractivity contribution < 1.29 is 14.7 Å². The second-order valence-corrected chi connectivity index (χ2v) is 6.03. The molecule has 1 aromatic heterocycles. The number of amides is 1. The number of aliphatic carboxylic acids is 1. The highest BCUT2D eigenvalue weighted by molar-refractivity contribution is 9.10. The quantitative estimate of drug-likeness (QED) is 0.843. The third kappa shape index (κ3) is 5.09. The Morgan fingerprint density at radius 2 is 2.10 bits per heavy atom. The summed E-state index contributed by atoms with van der Waals surface area (Å²) in [5.74, 6) is -0.271. The highest BCUT2D eigenvalue weighted by Gasteiger charge is 2.25. The van der Waals surface area contributed by atoms with Gasteiger partial charge in [0.25, 0.3) is 0 Å². The van der Waals surface area contributed by atoms with Crippen LogP contribution in [0, 0.1) is 5.92 Å². The summed E-state index contributed by atoms with van der Waals surface area (Å²) in [7, 11) is 0. The zero-order valence-electron chi connectivity index (χ0n) is 11.6. The van der Waals surface area contributed by atoms with E-state index in [1.165, 1.54) is 0 Å². The zero-order valence-corrected chi connectivity index (χ0v) is 13.2. The maximum Gasteiger partial charge on any atom is 0.304 e. The summed E-state index contributed by atoms with van der Waals surface area (Å²) in [4.78, 5) is 28.9. The van der Waals surface area contributed by atoms with Gasteiger partial charge >= 0.3 is 5.97 Å². The third-order valence-electron chi connectivity index (χ3n) is 3.58. The number of pyridine rings is 1. The van der Waals surface area contributed by atoms with E-state index in [1.807, 2.05) is 6.07 Å². The largest absolute Gasteiger partial charge is 0.481 e. The zero-order chi connectivity index (χ0) is 15.2. The van der Waals surface area contributed by atoms with E-state index in [0.29, 0.717) is 12.4 Å². The molecule has 1 aliphatic heterocycles. The molecule has 2 heterocycles. The highest BCUT2D eigenvalue weighted by Crippen LogP contribution is 2.19. The Morgan fingerprint density at radius 3 is 2.67 bits per heavy atom. The number of aromatic nitrogens is 1. The molecule has 0 atom stereocenters. The van der Waals surface area contributed by atoms with Crippen LogP contribution in [0.1, 0.15) is 19.3 Å². The number of likely N-dealkylation sites (tertiary alicyclic amines) is 1. The monoisotopic (exact) mass is 355 g/mol. The van der Waals surface area contributed by atoms with Crippen LogP contribution in [0.4, 0.5) is 5.82 Å². The lowest BCUT2D eigenvalue weighted by atomic mass is 9.96. The fourth-order valence-electron chi connectivity index (χ4n) is 2.35. The number of nitrogens with one attached hydrogen (secondary N) is 1. The number of nitrogens with zero attached hydrogens (tertiary/aromatic N) is 2. The summed E-state index contributed by atoms with van der Waals surface area (Å²) in [5, 5.41) is 11.5. The Hall–Kier alpha value is -1.47. The van der Waals surface area contributed by atoms with E-state index in [-0.39, 0.29) is 18.2 Å². The van der Waals surface area contributed by atoms with Gasteiger partial charge in [-0.3, -0.25) is 9.59 Å². The van der Waals surface area contributed by atoms with Gasteiger partial charge in [-0.1, -0.05) is 0 Å². The summed E-state index contributed by atoms with van der Waals surface area (Å²) >= 11 is 3.30. The normalized spacial score (nSPS) is 16.6. The molecule has 1 aromatic rings. The molecule has 0 aliphatic carbocycles. The number of rotatable bonds is 5. The average molecular weight is 356 g/mol. The number of anilines is 1. The molecule has 0 bridgehead atoms. The number of carboxylic acid groups (broad SMARTS) is 1. The molecule has 2 rings (SSSR count). The average Bonchev–Trinajstić information content (AvgIpc) is 2.48. The molecule has 21 heavy (non-hydrogen) atoms. The number of piperidine rings is 1. The van der Waals surface area contributed by atoms with Crippen molar-refractivity contribution in [3.63, 3.8) is 0 Å². The van der Waals surface area contributed by atoms with Gasteiger partial charge < -0.3 is 15.3 Å². The van der Waals surface area contributed by atoms with Crippen molar-refractivity contribution in [3.8, 4) is 0 Å². The molecule has 0 saturated carbocycles. The van der Waals surface area contributed by atoms with Crippen molar-refractivity contribution >= 4 is 33.6 Å². The maximum absolute atomic E-state index is 12.1. The van der Waals surface area contributed by atoms with Crippen LogP contribution in [0.15, 0.2) is 22.8 Å². The molecule has 1 aliphatic rings. The van der Waals surface area contributed by atoms with Crippen molar-refractivity contribution in [1.82, 2.24) is 9.88 Å². The molecule has 6 nitrogen and oxygen atoms in total. The van der Waals surface area contributed by atoms with Crippen LogP contribution in [0.3, 0.4) is 0 Å². The van der Waals surface area contributed by atoms with Crippen LogP contribution in [0.2, 0.25) is 0 Å². The standard InChI is InChI=1S/C14H18BrN3O3/c15-11-1-2-12(16-9-11)17-14(21)10-3-6-18(7-4-10)8-5-13(19)20/h1-2,9-10H,3-8H2,(H,19,20)(H,16,17,21). The Labute approximate surface area is 131 Å². The Balaban J connectivity index is 1.77. The fourth-order valence-corrected chi connectivity index (χ4v) is 2.59. The second-order valence-electron chi connectivity index (χ2n) is 5.11. The molecule has 0 aromatic carbocycles. The third-order valence-corrected chi connectivity index (χ3v) is 4.05. The first kappa shape index (κ1) is 15.9. The number of hydrogen-bond donors (Lipinski definition) is 2. The van der Waals surface area contributed by atoms with Crippen LogP contribution < -0.4 is 5.32 Å². The lowest BCUT2D eigenvalue weighted by Crippen LogP contribution is -2.39. The van der Waals surface area contributed by atoms with Crippen molar-refractivity contribution in [3.05, 3.63) is 22.8 Å². The lowest BCUT2D eigenvalue weighted by Gasteiger charge is -2.30. The molecule has 0 spiro atoms. The van der Waals surface area contributed by atoms with E-state index in [2.05, 4.69) is 31.1 Å². The SMILES string of the molecule is O=C(O)CCN1CCC(C(=O)Nc2ccc(Br)cn2)CC1. The van der Waals surface area contributed by atoms with Crippen molar-refractivity contribution in [1.29, 1.82) is 0 Å². The van der Waals surface area contributed by atoms with E-state index >= 15 is 0 Å². The minimum atomic E-state index is -0.781. The number of halogens is 1. The minimum Gasteiger partial charge on any atom is -0.481 e. The molecule has 0 radical (unpaired) electrons. The maximum atomic E-state index is 12.1. The summed E-state index contributed by atoms with van der Waals surface area (Å²) in [6.45, 7) is 2.08. The van der Waals surface area contributed by atoms with Gasteiger partial charge in [0, 0.05) is 23.1 Å². The highest BCUT2D eigenvalue weighted by atomic mass is 79.9. The van der Waals surface area contributed by atoms with E-state index in [4.69, 9.17) is 5.11 Å². The number of carbonyl (C=O) groups is 2. The summed E-state index contributed by atoms with van der Waals surface area (Å²) in [5.41, 5.74) is 0. The molecular weight excluding hydrogens is 338 g/mol. The van der Waals surface area contributed by atoms with E-state index in [0.717, 1.165) is 30.4 Å². The smallest absolute Gasteiger partial charge is 0.304 e. The van der Waals surface area contributed by atoms with Gasteiger partial charge in [0.15, 0.2) is 0 Å². The molecule has 2 N–H and O–H groups in total. The van der Waals surface area contributed by atoms with Gasteiger partial charge in [0.05, 0.1) is 6.42 Å². The fraction of sp³-hybridized carbons (Fsp3) is 0.500. The number of hydrogen-bond acceptors (Lipinski definition) is 4. The van der Waals surface area contributed by atoms with Crippen LogP contribution in [-0.2, 0) is 9.59 Å². The first-order valence-corrected chi connectivity index (χ1v) is 7.70. The van der Waals surface area contributed by atoms with Crippen LogP contribution in [-0.4, -0.2) is 46.5 Å². The van der Waals surface area contributed by atoms with Gasteiger partial charge in [-0.25, -0.2) is 4.98 Å². The lowest BCUT2D eigenvalue weighted by molar-refractivity contribution is -0.137. The minimum absolute atomic E-state index is 0.0114. The van der Waals surface area contributed by atoms with Crippen LogP contribution in [0.5, 0.6) is 0 Å². The van der Waals surface area contributed by atoms with Crippen molar-refractivity contribution in [2.24, 2.45) is 5.92 Å². The van der Waals surface area contributed by atoms with E-state index < -0.39 is 5.97 Å². The van der Waals surface area contributed by atoms with E-state index in [9.17, 15) is 9.59 Å². The molecule has 114 valence electrons. The van der Waals surface area contributed by atoms with Gasteiger partial charge in [-0.05, 0) is 54.0 Å². The first-order valence-electron chi connectivity index (χ1n) is 6.91. The van der Waals surface area contributed by atoms with Gasteiger partial charge in [-0.15, -0.1) is 0 Å². The van der Waals surface area contributed by atoms with Gasteiger partial charge in [0.2, 0.25) is 5.91 Å². The Morgan fingerprint density at radius 1 is 1.38 bits per heavy atom. The molecule has 1 saturated heterocycles. The molecule has 0 unspecified atom stereocenters. The first-order chi connectivity index (χ1) is 10.0. The predicted octanol–water partition coefficient (Wildman–Crippen LogP) is 1.97. The Bertz CT molecular complexity index is 499. The van der Waals surface area contributed by atoms with Crippen LogP contribution in [0.25, 0.3) is 0 Å².